The van der Waals surface area contributed by atoms with E-state index < -0.39 is 0 Å². The highest BCUT2D eigenvalue weighted by molar-refractivity contribution is 6.27. The molecule has 3 rings (SSSR count). The minimum atomic E-state index is -0.371. The Hall–Kier alpha value is -3.19. The number of aromatic nitrogens is 2. The number of alkyl halides is 1. The Morgan fingerprint density at radius 2 is 1.83 bits per heavy atom. The molecule has 0 aliphatic heterocycles. The zero-order valence-electron chi connectivity index (χ0n) is 16.5. The Labute approximate surface area is 179 Å². The first-order valence-corrected chi connectivity index (χ1v) is 10.1. The molecule has 3 aromatic rings. The maximum Gasteiger partial charge on any atom is 0.245 e. The van der Waals surface area contributed by atoms with Crippen molar-refractivity contribution in [2.75, 3.05) is 24.3 Å². The summed E-state index contributed by atoms with van der Waals surface area (Å²) in [6, 6.07) is 17.1. The van der Waals surface area contributed by atoms with Crippen molar-refractivity contribution < 1.29 is 14.0 Å². The van der Waals surface area contributed by atoms with E-state index >= 15 is 0 Å². The van der Waals surface area contributed by atoms with Crippen molar-refractivity contribution in [1.29, 1.82) is 0 Å². The molecule has 1 heterocycles. The number of hydrogen-bond donors (Lipinski definition) is 1. The van der Waals surface area contributed by atoms with Crippen LogP contribution in [0, 0.1) is 5.82 Å². The lowest BCUT2D eigenvalue weighted by molar-refractivity contribution is -0.132. The highest BCUT2D eigenvalue weighted by Crippen LogP contribution is 2.25. The molecule has 8 heteroatoms. The van der Waals surface area contributed by atoms with Crippen LogP contribution in [0.5, 0.6) is 0 Å². The molecule has 6 nitrogen and oxygen atoms in total. The van der Waals surface area contributed by atoms with Crippen LogP contribution in [0.3, 0.4) is 0 Å². The Balaban J connectivity index is 1.90. The second-order valence-electron chi connectivity index (χ2n) is 6.67. The third-order valence-corrected chi connectivity index (χ3v) is 4.64. The zero-order valence-corrected chi connectivity index (χ0v) is 17.3. The third-order valence-electron chi connectivity index (χ3n) is 4.41. The molecule has 0 aliphatic rings. The Kier molecular flexibility index (Phi) is 7.19. The predicted molar refractivity (Wildman–Crippen MR) is 115 cm³/mol. The molecule has 0 atom stereocenters. The molecule has 0 bridgehead atoms. The standard InChI is InChI=1S/C22H22ClFN4O2/c1-2-12-27(22(30)14-23)15-21(29)25-20-13-19(16-6-4-3-5-7-16)26-28(20)18-10-8-17(24)9-11-18/h3-11,13H,2,12,14-15H2,1H3,(H,25,29). The average Bonchev–Trinajstić information content (AvgIpc) is 3.17. The van der Waals surface area contributed by atoms with Gasteiger partial charge in [-0.2, -0.15) is 5.10 Å². The van der Waals surface area contributed by atoms with Crippen LogP contribution in [-0.2, 0) is 9.59 Å². The fraction of sp³-hybridized carbons (Fsp3) is 0.227. The van der Waals surface area contributed by atoms with Crippen LogP contribution in [0.2, 0.25) is 0 Å². The van der Waals surface area contributed by atoms with E-state index in [1.165, 1.54) is 21.7 Å². The minimum absolute atomic E-state index is 0.116. The van der Waals surface area contributed by atoms with Crippen molar-refractivity contribution in [3.05, 3.63) is 66.5 Å². The van der Waals surface area contributed by atoms with Crippen LogP contribution in [0.4, 0.5) is 10.2 Å². The quantitative estimate of drug-likeness (QED) is 0.549. The number of carbonyl (C=O) groups excluding carboxylic acids is 2. The van der Waals surface area contributed by atoms with Crippen molar-refractivity contribution in [2.24, 2.45) is 0 Å². The first-order chi connectivity index (χ1) is 14.5. The van der Waals surface area contributed by atoms with Crippen molar-refractivity contribution in [2.45, 2.75) is 13.3 Å². The summed E-state index contributed by atoms with van der Waals surface area (Å²) in [7, 11) is 0. The smallest absolute Gasteiger partial charge is 0.245 e. The molecule has 0 unspecified atom stereocenters. The molecule has 30 heavy (non-hydrogen) atoms. The summed E-state index contributed by atoms with van der Waals surface area (Å²) in [6.45, 7) is 2.24. The highest BCUT2D eigenvalue weighted by atomic mass is 35.5. The zero-order chi connectivity index (χ0) is 21.5. The molecule has 1 N–H and O–H groups in total. The van der Waals surface area contributed by atoms with E-state index in [0.717, 1.165) is 5.56 Å². The van der Waals surface area contributed by atoms with Gasteiger partial charge in [-0.3, -0.25) is 9.59 Å². The van der Waals surface area contributed by atoms with E-state index in [0.29, 0.717) is 30.2 Å². The van der Waals surface area contributed by atoms with Gasteiger partial charge in [0, 0.05) is 18.2 Å². The molecule has 156 valence electrons. The lowest BCUT2D eigenvalue weighted by Gasteiger charge is -2.20. The van der Waals surface area contributed by atoms with Crippen LogP contribution in [-0.4, -0.2) is 45.5 Å². The number of anilines is 1. The molecule has 0 saturated heterocycles. The van der Waals surface area contributed by atoms with Gasteiger partial charge in [0.25, 0.3) is 0 Å². The van der Waals surface area contributed by atoms with E-state index in [9.17, 15) is 14.0 Å². The van der Waals surface area contributed by atoms with Crippen molar-refractivity contribution in [1.82, 2.24) is 14.7 Å². The second-order valence-corrected chi connectivity index (χ2v) is 6.93. The van der Waals surface area contributed by atoms with Gasteiger partial charge in [-0.05, 0) is 30.7 Å². The van der Waals surface area contributed by atoms with E-state index in [1.807, 2.05) is 37.3 Å². The third kappa shape index (κ3) is 5.24. The summed E-state index contributed by atoms with van der Waals surface area (Å²) in [4.78, 5) is 26.0. The Bertz CT molecular complexity index is 1010. The minimum Gasteiger partial charge on any atom is -0.332 e. The molecule has 0 aliphatic carbocycles. The number of nitrogens with one attached hydrogen (secondary N) is 1. The Morgan fingerprint density at radius 3 is 2.47 bits per heavy atom. The molecule has 2 aromatic carbocycles. The molecule has 0 radical (unpaired) electrons. The van der Waals surface area contributed by atoms with Crippen LogP contribution >= 0.6 is 11.6 Å². The second kappa shape index (κ2) is 10.0. The molecule has 0 saturated carbocycles. The van der Waals surface area contributed by atoms with Gasteiger partial charge in [0.15, 0.2) is 0 Å². The van der Waals surface area contributed by atoms with Crippen LogP contribution in [0.15, 0.2) is 60.7 Å². The average molecular weight is 429 g/mol. The lowest BCUT2D eigenvalue weighted by Crippen LogP contribution is -2.39. The van der Waals surface area contributed by atoms with Gasteiger partial charge in [0.2, 0.25) is 11.8 Å². The summed E-state index contributed by atoms with van der Waals surface area (Å²) in [5.41, 5.74) is 2.12. The highest BCUT2D eigenvalue weighted by Gasteiger charge is 2.18. The lowest BCUT2D eigenvalue weighted by atomic mass is 10.1. The molecule has 0 fully saturated rings. The fourth-order valence-electron chi connectivity index (χ4n) is 3.00. The van der Waals surface area contributed by atoms with Gasteiger partial charge in [-0.15, -0.1) is 11.6 Å². The van der Waals surface area contributed by atoms with Gasteiger partial charge >= 0.3 is 0 Å². The normalized spacial score (nSPS) is 10.6. The number of nitrogens with zero attached hydrogens (tertiary/aromatic N) is 3. The number of carbonyl (C=O) groups is 2. The van der Waals surface area contributed by atoms with Gasteiger partial charge in [-0.25, -0.2) is 9.07 Å². The van der Waals surface area contributed by atoms with Gasteiger partial charge in [-0.1, -0.05) is 37.3 Å². The number of amides is 2. The molecule has 2 amide bonds. The maximum atomic E-state index is 13.4. The Morgan fingerprint density at radius 1 is 1.13 bits per heavy atom. The summed E-state index contributed by atoms with van der Waals surface area (Å²) in [6.07, 6.45) is 0.710. The molecular formula is C22H22ClFN4O2. The number of halogens is 2. The maximum absolute atomic E-state index is 13.4. The fourth-order valence-corrected chi connectivity index (χ4v) is 3.17. The molecule has 1 aromatic heterocycles. The monoisotopic (exact) mass is 428 g/mol. The van der Waals surface area contributed by atoms with Gasteiger partial charge < -0.3 is 10.2 Å². The van der Waals surface area contributed by atoms with Crippen molar-refractivity contribution in [3.8, 4) is 16.9 Å². The van der Waals surface area contributed by atoms with E-state index in [2.05, 4.69) is 10.4 Å². The van der Waals surface area contributed by atoms with Crippen molar-refractivity contribution in [3.63, 3.8) is 0 Å². The number of benzene rings is 2. The van der Waals surface area contributed by atoms with Gasteiger partial charge in [0.1, 0.15) is 17.5 Å². The largest absolute Gasteiger partial charge is 0.332 e. The number of hydrogen-bond acceptors (Lipinski definition) is 3. The topological polar surface area (TPSA) is 67.2 Å². The first kappa shape index (κ1) is 21.5. The van der Waals surface area contributed by atoms with Crippen LogP contribution in [0.25, 0.3) is 16.9 Å². The molecule has 0 spiro atoms. The van der Waals surface area contributed by atoms with Gasteiger partial charge in [0.05, 0.1) is 17.9 Å². The van der Waals surface area contributed by atoms with Crippen LogP contribution < -0.4 is 5.32 Å². The van der Waals surface area contributed by atoms with E-state index in [4.69, 9.17) is 11.6 Å². The van der Waals surface area contributed by atoms with Crippen LogP contribution in [0.1, 0.15) is 13.3 Å². The first-order valence-electron chi connectivity index (χ1n) is 9.56. The summed E-state index contributed by atoms with van der Waals surface area (Å²) < 4.78 is 14.9. The van der Waals surface area contributed by atoms with E-state index in [1.54, 1.807) is 18.2 Å². The van der Waals surface area contributed by atoms with E-state index in [-0.39, 0.29) is 30.1 Å². The summed E-state index contributed by atoms with van der Waals surface area (Å²) >= 11 is 5.65. The summed E-state index contributed by atoms with van der Waals surface area (Å²) in [5, 5.41) is 7.39. The SMILES string of the molecule is CCCN(CC(=O)Nc1cc(-c2ccccc2)nn1-c1ccc(F)cc1)C(=O)CCl. The molecular weight excluding hydrogens is 407 g/mol. The predicted octanol–water partition coefficient (Wildman–Crippen LogP) is 4.09. The van der Waals surface area contributed by atoms with Crippen molar-refractivity contribution >= 4 is 29.2 Å². The number of rotatable bonds is 8. The summed E-state index contributed by atoms with van der Waals surface area (Å²) in [5.74, 6) is -0.802.